The summed E-state index contributed by atoms with van der Waals surface area (Å²) >= 11 is 0. The Balaban J connectivity index is 4.99. The maximum Gasteiger partial charge on any atom is 0.141 e. The number of hydrogen-bond acceptors (Lipinski definition) is 3. The van der Waals surface area contributed by atoms with Crippen molar-refractivity contribution in [2.45, 2.75) is 61.3 Å². The fourth-order valence-corrected chi connectivity index (χ4v) is 2.54. The molecule has 0 aliphatic carbocycles. The fourth-order valence-electron chi connectivity index (χ4n) is 2.54. The van der Waals surface area contributed by atoms with E-state index in [0.29, 0.717) is 5.92 Å². The Morgan fingerprint density at radius 1 is 1.05 bits per heavy atom. The number of carbonyl (C=O) groups is 2. The first-order valence-corrected chi connectivity index (χ1v) is 7.68. The largest absolute Gasteiger partial charge is 0.396 e. The fraction of sp³-hybridized carbons (Fsp3) is 0.882. The molecule has 0 amide bonds. The second kappa shape index (κ2) is 7.92. The molecule has 3 heteroatoms. The van der Waals surface area contributed by atoms with E-state index in [1.165, 1.54) is 0 Å². The first-order chi connectivity index (χ1) is 9.00. The number of ketones is 2. The van der Waals surface area contributed by atoms with Crippen LogP contribution in [0, 0.1) is 29.1 Å². The van der Waals surface area contributed by atoms with Gasteiger partial charge in [0, 0.05) is 23.7 Å². The molecule has 0 spiro atoms. The Morgan fingerprint density at radius 3 is 1.85 bits per heavy atom. The number of hydrogen-bond donors (Lipinski definition) is 1. The van der Waals surface area contributed by atoms with Gasteiger partial charge in [0.05, 0.1) is 6.61 Å². The van der Waals surface area contributed by atoms with Crippen LogP contribution in [-0.4, -0.2) is 23.3 Å². The van der Waals surface area contributed by atoms with Gasteiger partial charge >= 0.3 is 0 Å². The van der Waals surface area contributed by atoms with E-state index in [1.807, 2.05) is 34.6 Å². The third-order valence-electron chi connectivity index (χ3n) is 3.73. The lowest BCUT2D eigenvalue weighted by molar-refractivity contribution is -0.136. The van der Waals surface area contributed by atoms with Gasteiger partial charge in [0.15, 0.2) is 0 Å². The Hall–Kier alpha value is -0.700. The highest BCUT2D eigenvalue weighted by molar-refractivity contribution is 5.91. The molecular weight excluding hydrogens is 252 g/mol. The molecular formula is C17H32O3. The van der Waals surface area contributed by atoms with E-state index in [2.05, 4.69) is 13.8 Å². The van der Waals surface area contributed by atoms with Gasteiger partial charge in [-0.1, -0.05) is 48.5 Å². The second-order valence-corrected chi connectivity index (χ2v) is 7.64. The highest BCUT2D eigenvalue weighted by Crippen LogP contribution is 2.29. The zero-order valence-corrected chi connectivity index (χ0v) is 14.2. The van der Waals surface area contributed by atoms with Crippen molar-refractivity contribution in [3.05, 3.63) is 0 Å². The summed E-state index contributed by atoms with van der Waals surface area (Å²) in [4.78, 5) is 24.8. The molecule has 0 saturated carbocycles. The molecule has 0 unspecified atom stereocenters. The minimum absolute atomic E-state index is 0.0192. The van der Waals surface area contributed by atoms with Crippen LogP contribution in [0.5, 0.6) is 0 Å². The standard InChI is InChI=1S/C17H32O3/c1-11(2)8-13(16(20)17(5,6)7)9-15(19)14(10-18)12(3)4/h11-14,18H,8-10H2,1-7H3/t13-,14-/m1/s1. The predicted molar refractivity (Wildman–Crippen MR) is 82.4 cm³/mol. The van der Waals surface area contributed by atoms with Crippen molar-refractivity contribution in [2.24, 2.45) is 29.1 Å². The summed E-state index contributed by atoms with van der Waals surface area (Å²) in [7, 11) is 0. The number of carbonyl (C=O) groups excluding carboxylic acids is 2. The van der Waals surface area contributed by atoms with E-state index >= 15 is 0 Å². The van der Waals surface area contributed by atoms with E-state index in [1.54, 1.807) is 0 Å². The van der Waals surface area contributed by atoms with Crippen molar-refractivity contribution in [1.29, 1.82) is 0 Å². The number of aliphatic hydroxyl groups excluding tert-OH is 1. The van der Waals surface area contributed by atoms with Crippen LogP contribution in [0.2, 0.25) is 0 Å². The monoisotopic (exact) mass is 284 g/mol. The van der Waals surface area contributed by atoms with Gasteiger partial charge in [-0.3, -0.25) is 9.59 Å². The Bertz CT molecular complexity index is 324. The molecule has 0 fully saturated rings. The van der Waals surface area contributed by atoms with Gasteiger partial charge in [-0.05, 0) is 18.3 Å². The first-order valence-electron chi connectivity index (χ1n) is 7.68. The quantitative estimate of drug-likeness (QED) is 0.742. The Labute approximate surface area is 124 Å². The number of Topliss-reactive ketones (excluding diaryl/α,β-unsaturated/α-hetero) is 2. The van der Waals surface area contributed by atoms with Crippen molar-refractivity contribution in [2.75, 3.05) is 6.61 Å². The zero-order chi connectivity index (χ0) is 16.1. The summed E-state index contributed by atoms with van der Waals surface area (Å²) in [5, 5.41) is 9.35. The molecule has 0 radical (unpaired) electrons. The molecule has 0 aromatic rings. The van der Waals surface area contributed by atoms with Gasteiger partial charge in [-0.25, -0.2) is 0 Å². The third-order valence-corrected chi connectivity index (χ3v) is 3.73. The average molecular weight is 284 g/mol. The lowest BCUT2D eigenvalue weighted by Gasteiger charge is -2.27. The summed E-state index contributed by atoms with van der Waals surface area (Å²) in [6, 6.07) is 0. The highest BCUT2D eigenvalue weighted by atomic mass is 16.3. The van der Waals surface area contributed by atoms with Crippen molar-refractivity contribution in [1.82, 2.24) is 0 Å². The second-order valence-electron chi connectivity index (χ2n) is 7.64. The van der Waals surface area contributed by atoms with Crippen LogP contribution in [0.4, 0.5) is 0 Å². The molecule has 2 atom stereocenters. The van der Waals surface area contributed by atoms with Crippen molar-refractivity contribution in [3.8, 4) is 0 Å². The van der Waals surface area contributed by atoms with Crippen LogP contribution >= 0.6 is 0 Å². The average Bonchev–Trinajstić information content (AvgIpc) is 2.25. The summed E-state index contributed by atoms with van der Waals surface area (Å²) in [6.07, 6.45) is 0.996. The van der Waals surface area contributed by atoms with Crippen molar-refractivity contribution in [3.63, 3.8) is 0 Å². The smallest absolute Gasteiger partial charge is 0.141 e. The van der Waals surface area contributed by atoms with Crippen LogP contribution < -0.4 is 0 Å². The molecule has 3 nitrogen and oxygen atoms in total. The highest BCUT2D eigenvalue weighted by Gasteiger charge is 2.33. The molecule has 0 saturated heterocycles. The van der Waals surface area contributed by atoms with Gasteiger partial charge < -0.3 is 5.11 Å². The minimum Gasteiger partial charge on any atom is -0.396 e. The Morgan fingerprint density at radius 2 is 1.55 bits per heavy atom. The predicted octanol–water partition coefficient (Wildman–Crippen LogP) is 3.49. The molecule has 0 aromatic carbocycles. The molecule has 0 aliphatic rings. The molecule has 0 aliphatic heterocycles. The first kappa shape index (κ1) is 19.3. The summed E-state index contributed by atoms with van der Waals surface area (Å²) in [5.74, 6) is 0.0844. The van der Waals surface area contributed by atoms with Gasteiger partial charge in [0.25, 0.3) is 0 Å². The SMILES string of the molecule is CC(C)C[C@H](CC(=O)[C@H](CO)C(C)C)C(=O)C(C)(C)C. The lowest BCUT2D eigenvalue weighted by atomic mass is 9.76. The molecule has 0 heterocycles. The van der Waals surface area contributed by atoms with E-state index in [0.717, 1.165) is 6.42 Å². The Kier molecular flexibility index (Phi) is 7.64. The summed E-state index contributed by atoms with van der Waals surface area (Å²) < 4.78 is 0. The minimum atomic E-state index is -0.424. The summed E-state index contributed by atoms with van der Waals surface area (Å²) in [5.41, 5.74) is -0.424. The van der Waals surface area contributed by atoms with Crippen LogP contribution in [0.15, 0.2) is 0 Å². The summed E-state index contributed by atoms with van der Waals surface area (Å²) in [6.45, 7) is 13.6. The molecule has 0 rings (SSSR count). The molecule has 0 aromatic heterocycles. The topological polar surface area (TPSA) is 54.4 Å². The molecule has 20 heavy (non-hydrogen) atoms. The van der Waals surface area contributed by atoms with Crippen LogP contribution in [0.3, 0.4) is 0 Å². The number of aliphatic hydroxyl groups is 1. The maximum absolute atomic E-state index is 12.5. The van der Waals surface area contributed by atoms with E-state index < -0.39 is 5.41 Å². The van der Waals surface area contributed by atoms with Crippen LogP contribution in [-0.2, 0) is 9.59 Å². The molecule has 1 N–H and O–H groups in total. The van der Waals surface area contributed by atoms with E-state index in [-0.39, 0.29) is 42.3 Å². The maximum atomic E-state index is 12.5. The van der Waals surface area contributed by atoms with Crippen LogP contribution in [0.1, 0.15) is 61.3 Å². The number of rotatable bonds is 8. The normalized spacial score (nSPS) is 15.5. The van der Waals surface area contributed by atoms with Crippen molar-refractivity contribution >= 4 is 11.6 Å². The third kappa shape index (κ3) is 6.17. The van der Waals surface area contributed by atoms with Gasteiger partial charge in [0.1, 0.15) is 11.6 Å². The van der Waals surface area contributed by atoms with Gasteiger partial charge in [0.2, 0.25) is 0 Å². The van der Waals surface area contributed by atoms with Crippen molar-refractivity contribution < 1.29 is 14.7 Å². The van der Waals surface area contributed by atoms with E-state index in [4.69, 9.17) is 0 Å². The van der Waals surface area contributed by atoms with Crippen LogP contribution in [0.25, 0.3) is 0 Å². The van der Waals surface area contributed by atoms with Gasteiger partial charge in [-0.2, -0.15) is 0 Å². The van der Waals surface area contributed by atoms with Gasteiger partial charge in [-0.15, -0.1) is 0 Å². The zero-order valence-electron chi connectivity index (χ0n) is 14.2. The van der Waals surface area contributed by atoms with E-state index in [9.17, 15) is 14.7 Å². The molecule has 118 valence electrons. The lowest BCUT2D eigenvalue weighted by Crippen LogP contribution is -2.34. The molecule has 0 bridgehead atoms.